The van der Waals surface area contributed by atoms with Gasteiger partial charge < -0.3 is 0 Å². The molecule has 8 nitrogen and oxygen atoms in total. The first-order valence-electron chi connectivity index (χ1n) is 9.54. The molecule has 1 fully saturated rings. The normalized spacial score (nSPS) is 17.4. The van der Waals surface area contributed by atoms with Crippen LogP contribution in [0.3, 0.4) is 0 Å². The molecule has 0 bridgehead atoms. The summed E-state index contributed by atoms with van der Waals surface area (Å²) >= 11 is 0. The van der Waals surface area contributed by atoms with Crippen LogP contribution in [-0.2, 0) is 4.79 Å². The second-order valence-corrected chi connectivity index (χ2v) is 7.08. The number of carbonyl (C=O) groups excluding carboxylic acids is 1. The number of non-ortho nitro benzene ring substituents is 2. The van der Waals surface area contributed by atoms with Crippen molar-refractivity contribution in [3.05, 3.63) is 91.0 Å². The number of Topliss-reactive ketones (excluding diaryl/α,β-unsaturated/α-hetero) is 1. The molecular weight excluding hydrogens is 386 g/mol. The third kappa shape index (κ3) is 5.03. The van der Waals surface area contributed by atoms with Crippen LogP contribution in [0.15, 0.2) is 59.7 Å². The van der Waals surface area contributed by atoms with Gasteiger partial charge in [0, 0.05) is 48.5 Å². The van der Waals surface area contributed by atoms with Crippen molar-refractivity contribution in [1.29, 1.82) is 0 Å². The largest absolute Gasteiger partial charge is 0.295 e. The van der Waals surface area contributed by atoms with Gasteiger partial charge >= 0.3 is 0 Å². The maximum absolute atomic E-state index is 13.1. The predicted molar refractivity (Wildman–Crippen MR) is 114 cm³/mol. The molecule has 2 aromatic rings. The van der Waals surface area contributed by atoms with Gasteiger partial charge in [0.2, 0.25) is 0 Å². The number of nitro benzene ring substituents is 2. The van der Waals surface area contributed by atoms with Crippen molar-refractivity contribution >= 4 is 29.3 Å². The molecule has 0 unspecified atom stereocenters. The zero-order valence-corrected chi connectivity index (χ0v) is 16.5. The van der Waals surface area contributed by atoms with Gasteiger partial charge in [0.1, 0.15) is 0 Å². The Morgan fingerprint density at radius 1 is 0.900 bits per heavy atom. The number of piperidine rings is 1. The molecule has 0 radical (unpaired) electrons. The minimum Gasteiger partial charge on any atom is -0.295 e. The first-order valence-corrected chi connectivity index (χ1v) is 9.54. The fourth-order valence-corrected chi connectivity index (χ4v) is 3.44. The van der Waals surface area contributed by atoms with Crippen LogP contribution in [0.25, 0.3) is 12.2 Å². The topological polar surface area (TPSA) is 107 Å². The zero-order valence-electron chi connectivity index (χ0n) is 16.5. The van der Waals surface area contributed by atoms with E-state index in [1.807, 2.05) is 6.92 Å². The van der Waals surface area contributed by atoms with Gasteiger partial charge in [0.05, 0.1) is 9.85 Å². The summed E-state index contributed by atoms with van der Waals surface area (Å²) in [7, 11) is 0. The molecule has 1 heterocycles. The van der Waals surface area contributed by atoms with E-state index in [9.17, 15) is 25.0 Å². The fourth-order valence-electron chi connectivity index (χ4n) is 3.44. The van der Waals surface area contributed by atoms with E-state index in [2.05, 4.69) is 4.90 Å². The molecule has 8 heteroatoms. The van der Waals surface area contributed by atoms with Gasteiger partial charge in [-0.1, -0.05) is 31.2 Å². The Hall–Kier alpha value is -3.65. The summed E-state index contributed by atoms with van der Waals surface area (Å²) in [5, 5.41) is 22.1. The molecule has 30 heavy (non-hydrogen) atoms. The summed E-state index contributed by atoms with van der Waals surface area (Å²) in [6.45, 7) is 3.72. The van der Waals surface area contributed by atoms with Crippen LogP contribution in [0.4, 0.5) is 11.4 Å². The highest BCUT2D eigenvalue weighted by Crippen LogP contribution is 2.24. The molecule has 1 saturated heterocycles. The lowest BCUT2D eigenvalue weighted by atomic mass is 9.94. The number of ketones is 1. The van der Waals surface area contributed by atoms with Crippen molar-refractivity contribution < 1.29 is 14.6 Å². The maximum Gasteiger partial charge on any atom is 0.270 e. The third-order valence-electron chi connectivity index (χ3n) is 4.75. The van der Waals surface area contributed by atoms with Gasteiger partial charge in [-0.25, -0.2) is 0 Å². The van der Waals surface area contributed by atoms with E-state index in [0.29, 0.717) is 35.4 Å². The lowest BCUT2D eigenvalue weighted by Gasteiger charge is -2.29. The molecule has 0 saturated carbocycles. The van der Waals surface area contributed by atoms with Crippen LogP contribution in [0, 0.1) is 20.2 Å². The number of nitro groups is 2. The molecule has 0 aromatic heterocycles. The summed E-state index contributed by atoms with van der Waals surface area (Å²) in [5.41, 5.74) is 2.16. The highest BCUT2D eigenvalue weighted by molar-refractivity contribution is 6.14. The predicted octanol–water partition coefficient (Wildman–Crippen LogP) is 4.26. The standard InChI is InChI=1S/C22H21N3O5/c1-2-9-23-14-18(10-16-5-3-7-20(12-16)24(27)28)22(26)19(15-23)11-17-6-4-8-21(13-17)25(29)30/h3-8,10-13H,2,9,14-15H2,1H3/b18-10-,19-11+. The first kappa shape index (κ1) is 21.1. The van der Waals surface area contributed by atoms with E-state index in [1.54, 1.807) is 36.4 Å². The van der Waals surface area contributed by atoms with Crippen molar-refractivity contribution in [1.82, 2.24) is 4.90 Å². The van der Waals surface area contributed by atoms with Gasteiger partial charge in [-0.15, -0.1) is 0 Å². The Balaban J connectivity index is 1.98. The molecule has 154 valence electrons. The number of rotatable bonds is 6. The monoisotopic (exact) mass is 407 g/mol. The van der Waals surface area contributed by atoms with Crippen LogP contribution in [0.2, 0.25) is 0 Å². The van der Waals surface area contributed by atoms with Gasteiger partial charge in [0.15, 0.2) is 5.78 Å². The maximum atomic E-state index is 13.1. The van der Waals surface area contributed by atoms with Crippen LogP contribution < -0.4 is 0 Å². The summed E-state index contributed by atoms with van der Waals surface area (Å²) < 4.78 is 0. The van der Waals surface area contributed by atoms with Gasteiger partial charge in [-0.3, -0.25) is 29.9 Å². The van der Waals surface area contributed by atoms with E-state index >= 15 is 0 Å². The molecule has 0 spiro atoms. The van der Waals surface area contributed by atoms with Gasteiger partial charge in [0.25, 0.3) is 11.4 Å². The third-order valence-corrected chi connectivity index (χ3v) is 4.75. The minimum atomic E-state index is -0.471. The molecule has 1 aliphatic heterocycles. The van der Waals surface area contributed by atoms with Crippen LogP contribution in [0.1, 0.15) is 24.5 Å². The number of likely N-dealkylation sites (tertiary alicyclic amines) is 1. The van der Waals surface area contributed by atoms with Gasteiger partial charge in [-0.2, -0.15) is 0 Å². The average molecular weight is 407 g/mol. The van der Waals surface area contributed by atoms with E-state index in [0.717, 1.165) is 13.0 Å². The number of benzene rings is 2. The molecular formula is C22H21N3O5. The molecule has 1 aliphatic rings. The minimum absolute atomic E-state index is 0.0367. The molecule has 0 aliphatic carbocycles. The molecule has 3 rings (SSSR count). The second-order valence-electron chi connectivity index (χ2n) is 7.08. The summed E-state index contributed by atoms with van der Waals surface area (Å²) in [4.78, 5) is 36.3. The zero-order chi connectivity index (χ0) is 21.7. The van der Waals surface area contributed by atoms with Crippen molar-refractivity contribution in [3.63, 3.8) is 0 Å². The van der Waals surface area contributed by atoms with E-state index in [-0.39, 0.29) is 17.2 Å². The Kier molecular flexibility index (Phi) is 6.48. The second kappa shape index (κ2) is 9.23. The van der Waals surface area contributed by atoms with Crippen LogP contribution in [0.5, 0.6) is 0 Å². The fraction of sp³-hybridized carbons (Fsp3) is 0.227. The number of hydrogen-bond donors (Lipinski definition) is 0. The lowest BCUT2D eigenvalue weighted by Crippen LogP contribution is -2.38. The highest BCUT2D eigenvalue weighted by Gasteiger charge is 2.26. The SMILES string of the molecule is CCCN1C/C(=C/c2cccc([N+](=O)[O-])c2)C(=O)/C(=C/c2cccc([N+](=O)[O-])c2)C1. The van der Waals surface area contributed by atoms with Crippen molar-refractivity contribution in [2.45, 2.75) is 13.3 Å². The van der Waals surface area contributed by atoms with Crippen molar-refractivity contribution in [3.8, 4) is 0 Å². The Morgan fingerprint density at radius 3 is 1.77 bits per heavy atom. The number of hydrogen-bond acceptors (Lipinski definition) is 6. The Morgan fingerprint density at radius 2 is 1.37 bits per heavy atom. The summed E-state index contributed by atoms with van der Waals surface area (Å²) in [6.07, 6.45) is 4.26. The molecule has 0 amide bonds. The lowest BCUT2D eigenvalue weighted by molar-refractivity contribution is -0.385. The van der Waals surface area contributed by atoms with E-state index in [1.165, 1.54) is 24.3 Å². The summed E-state index contributed by atoms with van der Waals surface area (Å²) in [5.74, 6) is -0.152. The first-order chi connectivity index (χ1) is 14.4. The van der Waals surface area contributed by atoms with Gasteiger partial charge in [-0.05, 0) is 36.2 Å². The molecule has 2 aromatic carbocycles. The van der Waals surface area contributed by atoms with Crippen molar-refractivity contribution in [2.24, 2.45) is 0 Å². The average Bonchev–Trinajstić information content (AvgIpc) is 2.72. The van der Waals surface area contributed by atoms with Crippen molar-refractivity contribution in [2.75, 3.05) is 19.6 Å². The smallest absolute Gasteiger partial charge is 0.270 e. The molecule has 0 N–H and O–H groups in total. The quantitative estimate of drug-likeness (QED) is 0.402. The van der Waals surface area contributed by atoms with E-state index in [4.69, 9.17) is 0 Å². The Labute approximate surface area is 173 Å². The van der Waals surface area contributed by atoms with E-state index < -0.39 is 9.85 Å². The summed E-state index contributed by atoms with van der Waals surface area (Å²) in [6, 6.07) is 12.3. The molecule has 0 atom stereocenters. The number of nitrogens with zero attached hydrogens (tertiary/aromatic N) is 3. The van der Waals surface area contributed by atoms with Crippen LogP contribution in [-0.4, -0.2) is 40.2 Å². The number of carbonyl (C=O) groups is 1. The Bertz CT molecular complexity index is 979. The van der Waals surface area contributed by atoms with Crippen LogP contribution >= 0.6 is 0 Å². The highest BCUT2D eigenvalue weighted by atomic mass is 16.6.